The Kier molecular flexibility index (Phi) is 4.59. The smallest absolute Gasteiger partial charge is 0.273 e. The van der Waals surface area contributed by atoms with Gasteiger partial charge in [0, 0.05) is 25.1 Å². The van der Waals surface area contributed by atoms with Crippen molar-refractivity contribution >= 4 is 11.7 Å². The molecule has 0 bridgehead atoms. The normalized spacial score (nSPS) is 11.0. The summed E-state index contributed by atoms with van der Waals surface area (Å²) in [4.78, 5) is 17.1. The molecule has 0 aliphatic carbocycles. The average Bonchev–Trinajstić information content (AvgIpc) is 3.17. The fraction of sp³-hybridized carbons (Fsp3) is 0.200. The molecule has 0 aromatic carbocycles. The molecule has 1 N–H and O–H groups in total. The molecule has 0 aliphatic heterocycles. The van der Waals surface area contributed by atoms with Crippen molar-refractivity contribution in [2.75, 3.05) is 5.32 Å². The Bertz CT molecular complexity index is 814. The SMILES string of the molecule is O=C(Nc1cnn(CC(F)F)n1)c1cccn1Cc1ccncc1. The molecule has 0 saturated heterocycles. The van der Waals surface area contributed by atoms with E-state index in [1.807, 2.05) is 12.1 Å². The third kappa shape index (κ3) is 3.80. The van der Waals surface area contributed by atoms with Crippen LogP contribution >= 0.6 is 0 Å². The lowest BCUT2D eigenvalue weighted by atomic mass is 10.2. The molecule has 3 rings (SSSR count). The second kappa shape index (κ2) is 6.99. The van der Waals surface area contributed by atoms with Gasteiger partial charge in [0.2, 0.25) is 0 Å². The van der Waals surface area contributed by atoms with Crippen LogP contribution in [0, 0.1) is 0 Å². The van der Waals surface area contributed by atoms with Crippen molar-refractivity contribution in [1.29, 1.82) is 0 Å². The topological polar surface area (TPSA) is 77.6 Å². The van der Waals surface area contributed by atoms with Gasteiger partial charge in [0.15, 0.2) is 5.82 Å². The third-order valence-corrected chi connectivity index (χ3v) is 3.24. The zero-order valence-electron chi connectivity index (χ0n) is 12.5. The van der Waals surface area contributed by atoms with Crippen molar-refractivity contribution in [2.24, 2.45) is 0 Å². The predicted molar refractivity (Wildman–Crippen MR) is 81.8 cm³/mol. The summed E-state index contributed by atoms with van der Waals surface area (Å²) in [6.45, 7) is -0.107. The van der Waals surface area contributed by atoms with Gasteiger partial charge in [-0.1, -0.05) is 0 Å². The highest BCUT2D eigenvalue weighted by atomic mass is 19.3. The highest BCUT2D eigenvalue weighted by Crippen LogP contribution is 2.10. The second-order valence-corrected chi connectivity index (χ2v) is 5.01. The molecule has 0 radical (unpaired) electrons. The molecular formula is C15H14F2N6O. The standard InChI is InChI=1S/C15H14F2N6O/c16-13(17)10-23-19-8-14(21-23)20-15(24)12-2-1-7-22(12)9-11-3-5-18-6-4-11/h1-8,13H,9-10H2,(H,20,21,24). The van der Waals surface area contributed by atoms with Crippen molar-refractivity contribution in [2.45, 2.75) is 19.5 Å². The van der Waals surface area contributed by atoms with E-state index < -0.39 is 18.9 Å². The van der Waals surface area contributed by atoms with E-state index in [0.29, 0.717) is 12.2 Å². The van der Waals surface area contributed by atoms with Gasteiger partial charge < -0.3 is 9.88 Å². The Morgan fingerprint density at radius 3 is 2.79 bits per heavy atom. The molecule has 124 valence electrons. The number of nitrogens with one attached hydrogen (secondary N) is 1. The van der Waals surface area contributed by atoms with E-state index in [-0.39, 0.29) is 5.82 Å². The van der Waals surface area contributed by atoms with Gasteiger partial charge in [-0.25, -0.2) is 8.78 Å². The monoisotopic (exact) mass is 332 g/mol. The fourth-order valence-electron chi connectivity index (χ4n) is 2.19. The molecule has 1 amide bonds. The predicted octanol–water partition coefficient (Wildman–Crippen LogP) is 2.04. The van der Waals surface area contributed by atoms with Crippen LogP contribution in [0.1, 0.15) is 16.1 Å². The Hall–Kier alpha value is -3.10. The van der Waals surface area contributed by atoms with E-state index in [1.165, 1.54) is 6.20 Å². The Labute approximate surface area is 135 Å². The van der Waals surface area contributed by atoms with Crippen LogP contribution in [-0.2, 0) is 13.1 Å². The summed E-state index contributed by atoms with van der Waals surface area (Å²) >= 11 is 0. The fourth-order valence-corrected chi connectivity index (χ4v) is 2.19. The Morgan fingerprint density at radius 2 is 2.04 bits per heavy atom. The number of nitrogens with zero attached hydrogens (tertiary/aromatic N) is 5. The maximum atomic E-state index is 12.3. The van der Waals surface area contributed by atoms with Gasteiger partial charge in [0.1, 0.15) is 12.2 Å². The molecule has 0 unspecified atom stereocenters. The minimum atomic E-state index is -2.56. The van der Waals surface area contributed by atoms with Gasteiger partial charge in [-0.2, -0.15) is 9.90 Å². The first-order valence-corrected chi connectivity index (χ1v) is 7.15. The van der Waals surface area contributed by atoms with Gasteiger partial charge in [0.25, 0.3) is 12.3 Å². The van der Waals surface area contributed by atoms with Gasteiger partial charge in [0.05, 0.1) is 6.20 Å². The van der Waals surface area contributed by atoms with E-state index in [1.54, 1.807) is 35.3 Å². The summed E-state index contributed by atoms with van der Waals surface area (Å²) in [5.74, 6) is -0.268. The van der Waals surface area contributed by atoms with E-state index >= 15 is 0 Å². The molecule has 3 aromatic heterocycles. The minimum Gasteiger partial charge on any atom is -0.339 e. The number of halogens is 2. The van der Waals surface area contributed by atoms with Crippen molar-refractivity contribution in [3.63, 3.8) is 0 Å². The first-order valence-electron chi connectivity index (χ1n) is 7.15. The number of carbonyl (C=O) groups is 1. The van der Waals surface area contributed by atoms with Crippen LogP contribution in [0.2, 0.25) is 0 Å². The lowest BCUT2D eigenvalue weighted by Gasteiger charge is -2.08. The summed E-state index contributed by atoms with van der Waals surface area (Å²) < 4.78 is 26.3. The van der Waals surface area contributed by atoms with Crippen molar-refractivity contribution < 1.29 is 13.6 Å². The van der Waals surface area contributed by atoms with Crippen LogP contribution in [0.5, 0.6) is 0 Å². The number of aromatic nitrogens is 5. The number of pyridine rings is 1. The highest BCUT2D eigenvalue weighted by Gasteiger charge is 2.14. The number of rotatable bonds is 6. The Balaban J connectivity index is 1.69. The molecular weight excluding hydrogens is 318 g/mol. The molecule has 0 fully saturated rings. The molecule has 0 saturated carbocycles. The number of amides is 1. The Morgan fingerprint density at radius 1 is 1.25 bits per heavy atom. The molecule has 0 aliphatic rings. The highest BCUT2D eigenvalue weighted by molar-refractivity contribution is 6.02. The van der Waals surface area contributed by atoms with E-state index in [0.717, 1.165) is 10.4 Å². The zero-order chi connectivity index (χ0) is 16.9. The number of hydrogen-bond donors (Lipinski definition) is 1. The first-order chi connectivity index (χ1) is 11.6. The third-order valence-electron chi connectivity index (χ3n) is 3.24. The van der Waals surface area contributed by atoms with E-state index in [2.05, 4.69) is 20.5 Å². The first kappa shape index (κ1) is 15.8. The molecule has 9 heteroatoms. The van der Waals surface area contributed by atoms with E-state index in [9.17, 15) is 13.6 Å². The van der Waals surface area contributed by atoms with Crippen LogP contribution in [0.4, 0.5) is 14.6 Å². The number of hydrogen-bond acceptors (Lipinski definition) is 4. The lowest BCUT2D eigenvalue weighted by molar-refractivity contribution is 0.101. The second-order valence-electron chi connectivity index (χ2n) is 5.01. The summed E-state index contributed by atoms with van der Waals surface area (Å²) in [6, 6.07) is 7.14. The molecule has 0 atom stereocenters. The lowest BCUT2D eigenvalue weighted by Crippen LogP contribution is -2.18. The van der Waals surface area contributed by atoms with Crippen LogP contribution in [-0.4, -0.2) is 36.9 Å². The number of alkyl halides is 2. The zero-order valence-corrected chi connectivity index (χ0v) is 12.5. The van der Waals surface area contributed by atoms with Gasteiger partial charge >= 0.3 is 0 Å². The van der Waals surface area contributed by atoms with Crippen LogP contribution in [0.25, 0.3) is 0 Å². The molecule has 7 nitrogen and oxygen atoms in total. The van der Waals surface area contributed by atoms with Gasteiger partial charge in [-0.15, -0.1) is 5.10 Å². The van der Waals surface area contributed by atoms with Crippen LogP contribution in [0.15, 0.2) is 49.1 Å². The van der Waals surface area contributed by atoms with Crippen molar-refractivity contribution in [3.05, 3.63) is 60.3 Å². The maximum absolute atomic E-state index is 12.3. The number of anilines is 1. The van der Waals surface area contributed by atoms with E-state index in [4.69, 9.17) is 0 Å². The van der Waals surface area contributed by atoms with Crippen molar-refractivity contribution in [3.8, 4) is 0 Å². The van der Waals surface area contributed by atoms with Gasteiger partial charge in [-0.05, 0) is 29.8 Å². The minimum absolute atomic E-state index is 0.123. The summed E-state index contributed by atoms with van der Waals surface area (Å²) in [5, 5.41) is 10.0. The van der Waals surface area contributed by atoms with Crippen LogP contribution in [0.3, 0.4) is 0 Å². The molecule has 3 heterocycles. The number of carbonyl (C=O) groups excluding carboxylic acids is 1. The quantitative estimate of drug-likeness (QED) is 0.749. The molecule has 0 spiro atoms. The van der Waals surface area contributed by atoms with Crippen molar-refractivity contribution in [1.82, 2.24) is 24.5 Å². The molecule has 24 heavy (non-hydrogen) atoms. The largest absolute Gasteiger partial charge is 0.339 e. The maximum Gasteiger partial charge on any atom is 0.273 e. The average molecular weight is 332 g/mol. The van der Waals surface area contributed by atoms with Crippen LogP contribution < -0.4 is 5.32 Å². The summed E-state index contributed by atoms with van der Waals surface area (Å²) in [7, 11) is 0. The summed E-state index contributed by atoms with van der Waals surface area (Å²) in [5.41, 5.74) is 1.42. The summed E-state index contributed by atoms with van der Waals surface area (Å²) in [6.07, 6.45) is 3.82. The van der Waals surface area contributed by atoms with Gasteiger partial charge in [-0.3, -0.25) is 9.78 Å². The molecule has 3 aromatic rings.